The van der Waals surface area contributed by atoms with Crippen LogP contribution < -0.4 is 15.8 Å². The Morgan fingerprint density at radius 3 is 2.94 bits per heavy atom. The topological polar surface area (TPSA) is 64.3 Å². The second kappa shape index (κ2) is 6.00. The van der Waals surface area contributed by atoms with Crippen molar-refractivity contribution in [1.82, 2.24) is 5.32 Å². The molecule has 0 aliphatic carbocycles. The summed E-state index contributed by atoms with van der Waals surface area (Å²) in [5.41, 5.74) is 7.39. The molecule has 0 bridgehead atoms. The maximum atomic E-state index is 11.0. The van der Waals surface area contributed by atoms with Gasteiger partial charge in [0.15, 0.2) is 0 Å². The number of hydrogen-bond acceptors (Lipinski definition) is 3. The number of benzene rings is 1. The van der Waals surface area contributed by atoms with Crippen molar-refractivity contribution >= 4 is 11.6 Å². The van der Waals surface area contributed by atoms with E-state index in [2.05, 4.69) is 5.32 Å². The van der Waals surface area contributed by atoms with Crippen LogP contribution in [0.3, 0.4) is 0 Å². The number of rotatable bonds is 5. The van der Waals surface area contributed by atoms with Crippen LogP contribution in [0.4, 0.5) is 5.69 Å². The minimum Gasteiger partial charge on any atom is -0.493 e. The van der Waals surface area contributed by atoms with Crippen LogP contribution in [0.5, 0.6) is 5.75 Å². The molecular formula is C12H18N2O2. The molecule has 0 aliphatic rings. The molecule has 1 rings (SSSR count). The van der Waals surface area contributed by atoms with Gasteiger partial charge in [-0.15, -0.1) is 0 Å². The van der Waals surface area contributed by atoms with Crippen LogP contribution in [0.15, 0.2) is 18.2 Å². The van der Waals surface area contributed by atoms with Crippen LogP contribution in [-0.2, 0) is 4.79 Å². The fourth-order valence-electron chi connectivity index (χ4n) is 1.31. The van der Waals surface area contributed by atoms with Gasteiger partial charge >= 0.3 is 0 Å². The predicted octanol–water partition coefficient (Wildman–Crippen LogP) is 1.48. The van der Waals surface area contributed by atoms with Gasteiger partial charge in [-0.1, -0.05) is 6.07 Å². The van der Waals surface area contributed by atoms with Crippen molar-refractivity contribution in [2.45, 2.75) is 19.8 Å². The van der Waals surface area contributed by atoms with Crippen LogP contribution in [0, 0.1) is 6.92 Å². The third-order valence-corrected chi connectivity index (χ3v) is 2.30. The number of aryl methyl sites for hydroxylation is 1. The molecule has 4 heteroatoms. The number of ether oxygens (including phenoxy) is 1. The third kappa shape index (κ3) is 3.81. The summed E-state index contributed by atoms with van der Waals surface area (Å²) in [6.45, 7) is 2.49. The average molecular weight is 222 g/mol. The number of nitrogens with two attached hydrogens (primary N) is 1. The van der Waals surface area contributed by atoms with E-state index >= 15 is 0 Å². The van der Waals surface area contributed by atoms with Crippen molar-refractivity contribution in [3.05, 3.63) is 23.8 Å². The molecule has 0 atom stereocenters. The van der Waals surface area contributed by atoms with Crippen molar-refractivity contribution in [3.8, 4) is 5.75 Å². The molecule has 4 nitrogen and oxygen atoms in total. The zero-order valence-corrected chi connectivity index (χ0v) is 9.75. The summed E-state index contributed by atoms with van der Waals surface area (Å²) in [5.74, 6) is 0.824. The van der Waals surface area contributed by atoms with Crippen LogP contribution in [-0.4, -0.2) is 19.6 Å². The first kappa shape index (κ1) is 12.4. The molecule has 0 aromatic heterocycles. The molecule has 88 valence electrons. The number of amides is 1. The zero-order valence-electron chi connectivity index (χ0n) is 9.75. The second-order valence-electron chi connectivity index (χ2n) is 3.65. The standard InChI is InChI=1S/C12H18N2O2/c1-9-5-6-10(13)8-11(9)16-7-3-4-12(15)14-2/h5-6,8H,3-4,7,13H2,1-2H3,(H,14,15). The van der Waals surface area contributed by atoms with Gasteiger partial charge in [-0.3, -0.25) is 4.79 Å². The van der Waals surface area contributed by atoms with Crippen molar-refractivity contribution in [3.63, 3.8) is 0 Å². The molecule has 0 unspecified atom stereocenters. The molecule has 16 heavy (non-hydrogen) atoms. The molecular weight excluding hydrogens is 204 g/mol. The Labute approximate surface area is 95.8 Å². The Kier molecular flexibility index (Phi) is 4.64. The number of carbonyl (C=O) groups is 1. The first-order chi connectivity index (χ1) is 7.63. The van der Waals surface area contributed by atoms with E-state index in [1.54, 1.807) is 13.1 Å². The highest BCUT2D eigenvalue weighted by atomic mass is 16.5. The highest BCUT2D eigenvalue weighted by Crippen LogP contribution is 2.20. The van der Waals surface area contributed by atoms with Crippen molar-refractivity contribution < 1.29 is 9.53 Å². The molecule has 1 amide bonds. The second-order valence-corrected chi connectivity index (χ2v) is 3.65. The molecule has 0 saturated heterocycles. The van der Waals surface area contributed by atoms with Crippen molar-refractivity contribution in [2.24, 2.45) is 0 Å². The smallest absolute Gasteiger partial charge is 0.219 e. The van der Waals surface area contributed by atoms with Gasteiger partial charge in [-0.05, 0) is 25.0 Å². The summed E-state index contributed by atoms with van der Waals surface area (Å²) in [4.78, 5) is 11.0. The number of carbonyl (C=O) groups excluding carboxylic acids is 1. The van der Waals surface area contributed by atoms with Crippen LogP contribution in [0.25, 0.3) is 0 Å². The van der Waals surface area contributed by atoms with E-state index in [1.807, 2.05) is 19.1 Å². The van der Waals surface area contributed by atoms with Gasteiger partial charge in [-0.2, -0.15) is 0 Å². The largest absolute Gasteiger partial charge is 0.493 e. The number of hydrogen-bond donors (Lipinski definition) is 2. The molecule has 0 radical (unpaired) electrons. The van der Waals surface area contributed by atoms with Gasteiger partial charge in [0.1, 0.15) is 5.75 Å². The van der Waals surface area contributed by atoms with Gasteiger partial charge in [0.2, 0.25) is 5.91 Å². The Balaban J connectivity index is 2.37. The molecule has 0 heterocycles. The summed E-state index contributed by atoms with van der Waals surface area (Å²) in [5, 5.41) is 2.57. The van der Waals surface area contributed by atoms with Gasteiger partial charge in [0.25, 0.3) is 0 Å². The van der Waals surface area contributed by atoms with Crippen molar-refractivity contribution in [1.29, 1.82) is 0 Å². The average Bonchev–Trinajstić information content (AvgIpc) is 2.28. The lowest BCUT2D eigenvalue weighted by atomic mass is 10.2. The SMILES string of the molecule is CNC(=O)CCCOc1cc(N)ccc1C. The molecule has 1 aromatic carbocycles. The van der Waals surface area contributed by atoms with Crippen LogP contribution in [0.1, 0.15) is 18.4 Å². The molecule has 1 aromatic rings. The molecule has 0 spiro atoms. The zero-order chi connectivity index (χ0) is 12.0. The number of nitrogen functional groups attached to an aromatic ring is 1. The minimum atomic E-state index is 0.0351. The van der Waals surface area contributed by atoms with E-state index in [-0.39, 0.29) is 5.91 Å². The van der Waals surface area contributed by atoms with Gasteiger partial charge in [0, 0.05) is 25.2 Å². The van der Waals surface area contributed by atoms with Crippen LogP contribution in [0.2, 0.25) is 0 Å². The third-order valence-electron chi connectivity index (χ3n) is 2.30. The summed E-state index contributed by atoms with van der Waals surface area (Å²) >= 11 is 0. The highest BCUT2D eigenvalue weighted by Gasteiger charge is 2.01. The van der Waals surface area contributed by atoms with Crippen LogP contribution >= 0.6 is 0 Å². The Bertz CT molecular complexity index is 364. The van der Waals surface area contributed by atoms with E-state index in [1.165, 1.54) is 0 Å². The molecule has 0 aliphatic heterocycles. The van der Waals surface area contributed by atoms with E-state index in [0.29, 0.717) is 25.1 Å². The Morgan fingerprint density at radius 1 is 1.50 bits per heavy atom. The maximum Gasteiger partial charge on any atom is 0.219 e. The summed E-state index contributed by atoms with van der Waals surface area (Å²) in [6.07, 6.45) is 1.19. The quantitative estimate of drug-likeness (QED) is 0.586. The summed E-state index contributed by atoms with van der Waals surface area (Å²) < 4.78 is 5.55. The number of nitrogens with one attached hydrogen (secondary N) is 1. The van der Waals surface area contributed by atoms with E-state index < -0.39 is 0 Å². The lowest BCUT2D eigenvalue weighted by molar-refractivity contribution is -0.120. The monoisotopic (exact) mass is 222 g/mol. The van der Waals surface area contributed by atoms with E-state index in [4.69, 9.17) is 10.5 Å². The first-order valence-corrected chi connectivity index (χ1v) is 5.33. The lowest BCUT2D eigenvalue weighted by Crippen LogP contribution is -2.18. The fourth-order valence-corrected chi connectivity index (χ4v) is 1.31. The Morgan fingerprint density at radius 2 is 2.25 bits per heavy atom. The summed E-state index contributed by atoms with van der Waals surface area (Å²) in [7, 11) is 1.63. The first-order valence-electron chi connectivity index (χ1n) is 5.33. The maximum absolute atomic E-state index is 11.0. The minimum absolute atomic E-state index is 0.0351. The summed E-state index contributed by atoms with van der Waals surface area (Å²) in [6, 6.07) is 5.56. The van der Waals surface area contributed by atoms with Gasteiger partial charge in [0.05, 0.1) is 6.61 Å². The van der Waals surface area contributed by atoms with Crippen molar-refractivity contribution in [2.75, 3.05) is 19.4 Å². The molecule has 3 N–H and O–H groups in total. The van der Waals surface area contributed by atoms with Gasteiger partial charge in [-0.25, -0.2) is 0 Å². The van der Waals surface area contributed by atoms with E-state index in [9.17, 15) is 4.79 Å². The lowest BCUT2D eigenvalue weighted by Gasteiger charge is -2.09. The highest BCUT2D eigenvalue weighted by molar-refractivity contribution is 5.75. The normalized spacial score (nSPS) is 9.88. The molecule has 0 fully saturated rings. The molecule has 0 saturated carbocycles. The predicted molar refractivity (Wildman–Crippen MR) is 64.4 cm³/mol. The van der Waals surface area contributed by atoms with E-state index in [0.717, 1.165) is 11.3 Å². The fraction of sp³-hybridized carbons (Fsp3) is 0.417. The number of anilines is 1. The van der Waals surface area contributed by atoms with Gasteiger partial charge < -0.3 is 15.8 Å². The Hall–Kier alpha value is -1.71.